The molecular formula is C22H30N2O4S2. The van der Waals surface area contributed by atoms with E-state index in [0.717, 1.165) is 24.8 Å². The predicted molar refractivity (Wildman–Crippen MR) is 119 cm³/mol. The molecule has 1 heterocycles. The van der Waals surface area contributed by atoms with Crippen LogP contribution in [0.25, 0.3) is 0 Å². The highest BCUT2D eigenvalue weighted by Gasteiger charge is 2.31. The Hall–Kier alpha value is -1.90. The van der Waals surface area contributed by atoms with Crippen molar-refractivity contribution in [1.82, 2.24) is 4.31 Å². The van der Waals surface area contributed by atoms with Gasteiger partial charge in [0, 0.05) is 18.8 Å². The fourth-order valence-corrected chi connectivity index (χ4v) is 6.72. The molecule has 1 aliphatic rings. The van der Waals surface area contributed by atoms with Gasteiger partial charge >= 0.3 is 0 Å². The lowest BCUT2D eigenvalue weighted by atomic mass is 9.94. The quantitative estimate of drug-likeness (QED) is 0.688. The molecule has 8 heteroatoms. The molecule has 0 aliphatic carbocycles. The van der Waals surface area contributed by atoms with Gasteiger partial charge in [-0.15, -0.1) is 0 Å². The third-order valence-electron chi connectivity index (χ3n) is 5.35. The minimum Gasteiger partial charge on any atom is -0.280 e. The molecule has 0 radical (unpaired) electrons. The van der Waals surface area contributed by atoms with Crippen molar-refractivity contribution >= 4 is 25.7 Å². The average molecular weight is 451 g/mol. The van der Waals surface area contributed by atoms with Crippen LogP contribution in [-0.4, -0.2) is 34.2 Å². The third-order valence-corrected chi connectivity index (χ3v) is 8.60. The van der Waals surface area contributed by atoms with Gasteiger partial charge in [-0.1, -0.05) is 39.3 Å². The first kappa shape index (κ1) is 22.8. The van der Waals surface area contributed by atoms with Crippen LogP contribution >= 0.6 is 0 Å². The van der Waals surface area contributed by atoms with Gasteiger partial charge in [0.1, 0.15) is 0 Å². The second-order valence-corrected chi connectivity index (χ2v) is 11.9. The normalized spacial score (nSPS) is 20.8. The van der Waals surface area contributed by atoms with E-state index in [0.29, 0.717) is 30.6 Å². The minimum atomic E-state index is -3.74. The maximum absolute atomic E-state index is 13.0. The van der Waals surface area contributed by atoms with Crippen LogP contribution in [0, 0.1) is 11.8 Å². The Labute approximate surface area is 180 Å². The molecule has 164 valence electrons. The Bertz CT molecular complexity index is 1050. The van der Waals surface area contributed by atoms with Gasteiger partial charge in [-0.05, 0) is 66.6 Å². The summed E-state index contributed by atoms with van der Waals surface area (Å²) in [6.45, 7) is 7.21. The van der Waals surface area contributed by atoms with E-state index >= 15 is 0 Å². The van der Waals surface area contributed by atoms with Gasteiger partial charge in [0.25, 0.3) is 10.0 Å². The molecular weight excluding hydrogens is 420 g/mol. The van der Waals surface area contributed by atoms with Gasteiger partial charge in [-0.3, -0.25) is 4.72 Å². The molecule has 1 N–H and O–H groups in total. The maximum Gasteiger partial charge on any atom is 0.261 e. The van der Waals surface area contributed by atoms with E-state index in [4.69, 9.17) is 0 Å². The fourth-order valence-electron chi connectivity index (χ4n) is 3.98. The minimum absolute atomic E-state index is 0.176. The molecule has 0 aromatic heterocycles. The smallest absolute Gasteiger partial charge is 0.261 e. The number of sulfonamides is 2. The number of anilines is 1. The summed E-state index contributed by atoms with van der Waals surface area (Å²) in [4.78, 5) is 0.353. The standard InChI is InChI=1S/C22H30N2O4S2/c1-4-5-19-6-10-21(11-7-19)29(25,26)23-20-8-12-22(13-9-20)30(27,28)24-15-17(2)14-18(3)16-24/h6-13,17-18,23H,4-5,14-16H2,1-3H3. The molecule has 30 heavy (non-hydrogen) atoms. The van der Waals surface area contributed by atoms with Crippen LogP contribution in [0.5, 0.6) is 0 Å². The second kappa shape index (κ2) is 9.08. The highest BCUT2D eigenvalue weighted by atomic mass is 32.2. The van der Waals surface area contributed by atoms with Crippen LogP contribution in [0.3, 0.4) is 0 Å². The number of benzene rings is 2. The first-order valence-electron chi connectivity index (χ1n) is 10.3. The molecule has 2 aromatic carbocycles. The van der Waals surface area contributed by atoms with Crippen molar-refractivity contribution in [2.45, 2.75) is 49.8 Å². The number of piperidine rings is 1. The van der Waals surface area contributed by atoms with Gasteiger partial charge in [0.15, 0.2) is 0 Å². The van der Waals surface area contributed by atoms with Crippen LogP contribution in [0.15, 0.2) is 58.3 Å². The van der Waals surface area contributed by atoms with Gasteiger partial charge in [-0.2, -0.15) is 4.31 Å². The molecule has 0 bridgehead atoms. The van der Waals surface area contributed by atoms with E-state index in [9.17, 15) is 16.8 Å². The fraction of sp³-hybridized carbons (Fsp3) is 0.455. The second-order valence-electron chi connectivity index (χ2n) is 8.29. The lowest BCUT2D eigenvalue weighted by Crippen LogP contribution is -2.42. The number of hydrogen-bond acceptors (Lipinski definition) is 4. The van der Waals surface area contributed by atoms with E-state index in [1.54, 1.807) is 12.1 Å². The van der Waals surface area contributed by atoms with Gasteiger partial charge in [0.2, 0.25) is 10.0 Å². The highest BCUT2D eigenvalue weighted by molar-refractivity contribution is 7.92. The Morgan fingerprint density at radius 3 is 1.93 bits per heavy atom. The molecule has 2 unspecified atom stereocenters. The Balaban J connectivity index is 1.75. The van der Waals surface area contributed by atoms with Crippen molar-refractivity contribution in [2.75, 3.05) is 17.8 Å². The van der Waals surface area contributed by atoms with Gasteiger partial charge in [-0.25, -0.2) is 16.8 Å². The summed E-state index contributed by atoms with van der Waals surface area (Å²) in [5.41, 5.74) is 1.42. The average Bonchev–Trinajstić information content (AvgIpc) is 2.68. The predicted octanol–water partition coefficient (Wildman–Crippen LogP) is 4.11. The largest absolute Gasteiger partial charge is 0.280 e. The van der Waals surface area contributed by atoms with E-state index in [1.807, 2.05) is 12.1 Å². The van der Waals surface area contributed by atoms with Crippen molar-refractivity contribution in [3.63, 3.8) is 0 Å². The van der Waals surface area contributed by atoms with E-state index in [1.165, 1.54) is 28.6 Å². The van der Waals surface area contributed by atoms with Crippen LogP contribution in [-0.2, 0) is 26.5 Å². The highest BCUT2D eigenvalue weighted by Crippen LogP contribution is 2.27. The third kappa shape index (κ3) is 5.22. The summed E-state index contributed by atoms with van der Waals surface area (Å²) in [7, 11) is -7.33. The van der Waals surface area contributed by atoms with E-state index < -0.39 is 20.0 Å². The summed E-state index contributed by atoms with van der Waals surface area (Å²) >= 11 is 0. The van der Waals surface area contributed by atoms with Crippen LogP contribution in [0.2, 0.25) is 0 Å². The Morgan fingerprint density at radius 2 is 1.40 bits per heavy atom. The SMILES string of the molecule is CCCc1ccc(S(=O)(=O)Nc2ccc(S(=O)(=O)N3CC(C)CC(C)C3)cc2)cc1. The van der Waals surface area contributed by atoms with Crippen molar-refractivity contribution in [3.05, 3.63) is 54.1 Å². The molecule has 1 fully saturated rings. The van der Waals surface area contributed by atoms with Crippen molar-refractivity contribution < 1.29 is 16.8 Å². The number of nitrogens with zero attached hydrogens (tertiary/aromatic N) is 1. The summed E-state index contributed by atoms with van der Waals surface area (Å²) in [6, 6.07) is 12.7. The first-order chi connectivity index (χ1) is 14.1. The molecule has 0 amide bonds. The molecule has 2 aromatic rings. The molecule has 2 atom stereocenters. The van der Waals surface area contributed by atoms with Crippen molar-refractivity contribution in [3.8, 4) is 0 Å². The van der Waals surface area contributed by atoms with Crippen LogP contribution < -0.4 is 4.72 Å². The summed E-state index contributed by atoms with van der Waals surface area (Å²) in [6.07, 6.45) is 2.92. The van der Waals surface area contributed by atoms with Gasteiger partial charge < -0.3 is 0 Å². The molecule has 3 rings (SSSR count). The Morgan fingerprint density at radius 1 is 0.867 bits per heavy atom. The van der Waals surface area contributed by atoms with Crippen molar-refractivity contribution in [1.29, 1.82) is 0 Å². The molecule has 0 saturated carbocycles. The number of rotatable bonds is 7. The zero-order valence-corrected chi connectivity index (χ0v) is 19.3. The molecule has 1 aliphatic heterocycles. The number of nitrogens with one attached hydrogen (secondary N) is 1. The van der Waals surface area contributed by atoms with Gasteiger partial charge in [0.05, 0.1) is 9.79 Å². The molecule has 1 saturated heterocycles. The lowest BCUT2D eigenvalue weighted by Gasteiger charge is -2.34. The van der Waals surface area contributed by atoms with Crippen molar-refractivity contribution in [2.24, 2.45) is 11.8 Å². The summed E-state index contributed by atoms with van der Waals surface area (Å²) < 4.78 is 55.3. The van der Waals surface area contributed by atoms with Crippen LogP contribution in [0.1, 0.15) is 39.2 Å². The molecule has 0 spiro atoms. The lowest BCUT2D eigenvalue weighted by molar-refractivity contribution is 0.222. The van der Waals surface area contributed by atoms with Crippen LogP contribution in [0.4, 0.5) is 5.69 Å². The number of hydrogen-bond donors (Lipinski definition) is 1. The zero-order chi connectivity index (χ0) is 21.9. The van der Waals surface area contributed by atoms with E-state index in [2.05, 4.69) is 25.5 Å². The summed E-state index contributed by atoms with van der Waals surface area (Å²) in [5, 5.41) is 0. The summed E-state index contributed by atoms with van der Waals surface area (Å²) in [5.74, 6) is 0.636. The maximum atomic E-state index is 13.0. The Kier molecular flexibility index (Phi) is 6.89. The first-order valence-corrected chi connectivity index (χ1v) is 13.3. The monoisotopic (exact) mass is 450 g/mol. The molecule has 6 nitrogen and oxygen atoms in total. The number of aryl methyl sites for hydroxylation is 1. The topological polar surface area (TPSA) is 83.5 Å². The van der Waals surface area contributed by atoms with E-state index in [-0.39, 0.29) is 9.79 Å². The zero-order valence-electron chi connectivity index (χ0n) is 17.7.